The fraction of sp³-hybridized carbons (Fsp3) is 0.0417. The number of benzene rings is 3. The van der Waals surface area contributed by atoms with Gasteiger partial charge in [0.25, 0.3) is 5.91 Å². The van der Waals surface area contributed by atoms with E-state index in [9.17, 15) is 23.5 Å². The fourth-order valence-electron chi connectivity index (χ4n) is 4.14. The van der Waals surface area contributed by atoms with Gasteiger partial charge in [-0.1, -0.05) is 23.5 Å². The molecule has 6 nitrogen and oxygen atoms in total. The highest BCUT2D eigenvalue weighted by molar-refractivity contribution is 7.22. The summed E-state index contributed by atoms with van der Waals surface area (Å²) >= 11 is 1.09. The van der Waals surface area contributed by atoms with E-state index in [4.69, 9.17) is 4.42 Å². The van der Waals surface area contributed by atoms with Crippen molar-refractivity contribution in [2.24, 2.45) is 0 Å². The lowest BCUT2D eigenvalue weighted by Crippen LogP contribution is -2.29. The zero-order valence-corrected chi connectivity index (χ0v) is 17.4. The minimum Gasteiger partial charge on any atom is -0.508 e. The molecule has 0 spiro atoms. The number of fused-ring (bicyclic) bond motifs is 3. The average Bonchev–Trinajstić information content (AvgIpc) is 3.32. The lowest BCUT2D eigenvalue weighted by Gasteiger charge is -2.22. The van der Waals surface area contributed by atoms with Gasteiger partial charge in [0.15, 0.2) is 10.6 Å². The van der Waals surface area contributed by atoms with Crippen molar-refractivity contribution in [2.45, 2.75) is 6.04 Å². The number of hydrogen-bond acceptors (Lipinski definition) is 6. The Hall–Kier alpha value is -4.11. The van der Waals surface area contributed by atoms with Gasteiger partial charge in [0.05, 0.1) is 27.2 Å². The minimum absolute atomic E-state index is 0.0000703. The Bertz CT molecular complexity index is 1680. The van der Waals surface area contributed by atoms with Gasteiger partial charge in [-0.15, -0.1) is 0 Å². The summed E-state index contributed by atoms with van der Waals surface area (Å²) in [7, 11) is 0. The number of halogens is 2. The number of amides is 1. The maximum Gasteiger partial charge on any atom is 0.297 e. The molecule has 33 heavy (non-hydrogen) atoms. The summed E-state index contributed by atoms with van der Waals surface area (Å²) in [6.07, 6.45) is 0. The number of carbonyl (C=O) groups is 1. The van der Waals surface area contributed by atoms with Gasteiger partial charge in [-0.05, 0) is 54.1 Å². The van der Waals surface area contributed by atoms with E-state index < -0.39 is 29.0 Å². The normalized spacial score (nSPS) is 15.5. The summed E-state index contributed by atoms with van der Waals surface area (Å²) in [5, 5.41) is 10.3. The van der Waals surface area contributed by atoms with E-state index in [1.807, 2.05) is 0 Å². The summed E-state index contributed by atoms with van der Waals surface area (Å²) in [5.41, 5.74) is 0.476. The number of aromatic nitrogens is 1. The Balaban J connectivity index is 1.65. The first-order valence-corrected chi connectivity index (χ1v) is 10.7. The Labute approximate surface area is 188 Å². The number of carbonyl (C=O) groups excluding carboxylic acids is 1. The first-order valence-electron chi connectivity index (χ1n) is 9.85. The summed E-state index contributed by atoms with van der Waals surface area (Å²) in [6.45, 7) is 0. The Morgan fingerprint density at radius 2 is 1.79 bits per heavy atom. The second-order valence-electron chi connectivity index (χ2n) is 7.60. The van der Waals surface area contributed by atoms with Crippen LogP contribution >= 0.6 is 11.3 Å². The van der Waals surface area contributed by atoms with E-state index in [0.717, 1.165) is 23.5 Å². The zero-order chi connectivity index (χ0) is 22.9. The van der Waals surface area contributed by atoms with E-state index in [2.05, 4.69) is 4.98 Å². The van der Waals surface area contributed by atoms with Crippen LogP contribution in [0.3, 0.4) is 0 Å². The molecule has 0 unspecified atom stereocenters. The van der Waals surface area contributed by atoms with Crippen LogP contribution in [0.2, 0.25) is 0 Å². The third kappa shape index (κ3) is 2.93. The van der Waals surface area contributed by atoms with Crippen LogP contribution in [0.5, 0.6) is 5.75 Å². The second kappa shape index (κ2) is 6.94. The standard InChI is InChI=1S/C24H12F2N2O4S/c25-12-5-7-17-15(9-12)21(30)19-20(11-2-1-3-14(29)8-11)28(23(31)22(19)32-17)24-27-16-6-4-13(26)10-18(16)33-24/h1-10,20,29H/t20-/m0/s1. The van der Waals surface area contributed by atoms with Crippen LogP contribution < -0.4 is 10.3 Å². The van der Waals surface area contributed by atoms with Gasteiger partial charge >= 0.3 is 0 Å². The van der Waals surface area contributed by atoms with Gasteiger partial charge in [0, 0.05) is 0 Å². The van der Waals surface area contributed by atoms with Crippen LogP contribution in [0.25, 0.3) is 21.2 Å². The van der Waals surface area contributed by atoms with Gasteiger partial charge in [0.2, 0.25) is 5.76 Å². The van der Waals surface area contributed by atoms with Gasteiger partial charge in [-0.2, -0.15) is 0 Å². The van der Waals surface area contributed by atoms with Gasteiger partial charge < -0.3 is 9.52 Å². The maximum atomic E-state index is 13.9. The molecule has 0 bridgehead atoms. The summed E-state index contributed by atoms with van der Waals surface area (Å²) in [4.78, 5) is 32.7. The fourth-order valence-corrected chi connectivity index (χ4v) is 5.16. The van der Waals surface area contributed by atoms with E-state index in [1.165, 1.54) is 41.3 Å². The molecular formula is C24H12F2N2O4S. The van der Waals surface area contributed by atoms with Crippen molar-refractivity contribution in [1.29, 1.82) is 0 Å². The highest BCUT2D eigenvalue weighted by Gasteiger charge is 2.45. The minimum atomic E-state index is -0.978. The number of rotatable bonds is 2. The van der Waals surface area contributed by atoms with Crippen LogP contribution in [-0.4, -0.2) is 16.0 Å². The number of phenols is 1. The molecular weight excluding hydrogens is 450 g/mol. The average molecular weight is 462 g/mol. The Kier molecular flexibility index (Phi) is 4.12. The quantitative estimate of drug-likeness (QED) is 0.393. The van der Waals surface area contributed by atoms with Crippen molar-refractivity contribution in [2.75, 3.05) is 4.90 Å². The highest BCUT2D eigenvalue weighted by Crippen LogP contribution is 2.44. The predicted octanol–water partition coefficient (Wildman–Crippen LogP) is 5.14. The number of aromatic hydroxyl groups is 1. The van der Waals surface area contributed by atoms with Crippen LogP contribution in [0.15, 0.2) is 69.9 Å². The van der Waals surface area contributed by atoms with Crippen molar-refractivity contribution in [3.8, 4) is 5.75 Å². The first-order chi connectivity index (χ1) is 15.9. The molecule has 162 valence electrons. The van der Waals surface area contributed by atoms with E-state index >= 15 is 0 Å². The monoisotopic (exact) mass is 462 g/mol. The molecule has 2 aromatic heterocycles. The number of thiazole rings is 1. The largest absolute Gasteiger partial charge is 0.508 e. The topological polar surface area (TPSA) is 83.6 Å². The van der Waals surface area contributed by atoms with Crippen LogP contribution in [0.1, 0.15) is 27.7 Å². The van der Waals surface area contributed by atoms with Crippen molar-refractivity contribution in [3.63, 3.8) is 0 Å². The van der Waals surface area contributed by atoms with E-state index in [1.54, 1.807) is 12.1 Å². The lowest BCUT2D eigenvalue weighted by molar-refractivity contribution is 0.0971. The lowest BCUT2D eigenvalue weighted by atomic mass is 9.98. The molecule has 5 aromatic rings. The number of phenolic OH excluding ortho intramolecular Hbond substituents is 1. The Morgan fingerprint density at radius 3 is 2.61 bits per heavy atom. The van der Waals surface area contributed by atoms with Gasteiger partial charge in [-0.25, -0.2) is 13.8 Å². The van der Waals surface area contributed by atoms with Crippen LogP contribution in [0.4, 0.5) is 13.9 Å². The molecule has 0 fully saturated rings. The molecule has 6 rings (SSSR count). The van der Waals surface area contributed by atoms with Crippen molar-refractivity contribution >= 4 is 43.6 Å². The molecule has 1 aliphatic heterocycles. The number of nitrogens with zero attached hydrogens (tertiary/aromatic N) is 2. The van der Waals surface area contributed by atoms with Crippen LogP contribution in [-0.2, 0) is 0 Å². The van der Waals surface area contributed by atoms with Crippen molar-refractivity contribution in [3.05, 3.63) is 99.4 Å². The van der Waals surface area contributed by atoms with Gasteiger partial charge in [-0.3, -0.25) is 14.5 Å². The predicted molar refractivity (Wildman–Crippen MR) is 119 cm³/mol. The smallest absolute Gasteiger partial charge is 0.297 e. The number of hydrogen-bond donors (Lipinski definition) is 1. The van der Waals surface area contributed by atoms with Gasteiger partial charge in [0.1, 0.15) is 23.0 Å². The van der Waals surface area contributed by atoms with Crippen molar-refractivity contribution in [1.82, 2.24) is 4.98 Å². The zero-order valence-electron chi connectivity index (χ0n) is 16.6. The molecule has 1 aliphatic rings. The molecule has 1 N–H and O–H groups in total. The molecule has 0 saturated carbocycles. The molecule has 0 saturated heterocycles. The third-order valence-electron chi connectivity index (χ3n) is 5.56. The van der Waals surface area contributed by atoms with Crippen molar-refractivity contribution < 1.29 is 23.1 Å². The maximum absolute atomic E-state index is 13.9. The molecule has 0 radical (unpaired) electrons. The summed E-state index contributed by atoms with van der Waals surface area (Å²) in [5.74, 6) is -1.91. The number of anilines is 1. The summed E-state index contributed by atoms with van der Waals surface area (Å²) in [6, 6.07) is 12.7. The molecule has 1 amide bonds. The highest BCUT2D eigenvalue weighted by atomic mass is 32.1. The van der Waals surface area contributed by atoms with E-state index in [-0.39, 0.29) is 33.2 Å². The molecule has 3 heterocycles. The molecule has 1 atom stereocenters. The SMILES string of the molecule is O=C1c2oc3ccc(F)cc3c(=O)c2[C@H](c2cccc(O)c2)N1c1nc2ccc(F)cc2s1. The Morgan fingerprint density at radius 1 is 1.00 bits per heavy atom. The molecule has 0 aliphatic carbocycles. The van der Waals surface area contributed by atoms with E-state index in [0.29, 0.717) is 15.8 Å². The first kappa shape index (κ1) is 19.6. The molecule has 9 heteroatoms. The van der Waals surface area contributed by atoms with Crippen LogP contribution in [0, 0.1) is 11.6 Å². The third-order valence-corrected chi connectivity index (χ3v) is 6.58. The second-order valence-corrected chi connectivity index (χ2v) is 8.60. The molecule has 3 aromatic carbocycles. The summed E-state index contributed by atoms with van der Waals surface area (Å²) < 4.78 is 33.9.